The van der Waals surface area contributed by atoms with Crippen LogP contribution in [0.4, 0.5) is 0 Å². The molecule has 2 nitrogen and oxygen atoms in total. The summed E-state index contributed by atoms with van der Waals surface area (Å²) in [7, 11) is 0. The van der Waals surface area contributed by atoms with Gasteiger partial charge in [0, 0.05) is 6.07 Å². The lowest BCUT2D eigenvalue weighted by atomic mass is 10.0. The molecule has 58 heavy (non-hydrogen) atoms. The highest BCUT2D eigenvalue weighted by atomic mass is 16.5. The highest BCUT2D eigenvalue weighted by molar-refractivity contribution is 5.38. The van der Waals surface area contributed by atoms with Crippen LogP contribution in [0.15, 0.2) is 18.2 Å². The van der Waals surface area contributed by atoms with Crippen LogP contribution in [-0.4, -0.2) is 13.2 Å². The Balaban J connectivity index is 1.96. The number of hydrogen-bond donors (Lipinski definition) is 0. The van der Waals surface area contributed by atoms with E-state index in [0.717, 1.165) is 44.0 Å². The predicted molar refractivity (Wildman–Crippen MR) is 261 cm³/mol. The van der Waals surface area contributed by atoms with Gasteiger partial charge in [0.05, 0.1) is 13.2 Å². The van der Waals surface area contributed by atoms with E-state index >= 15 is 0 Å². The number of rotatable bonds is 49. The fourth-order valence-electron chi connectivity index (χ4n) is 8.77. The summed E-state index contributed by atoms with van der Waals surface area (Å²) < 4.78 is 12.6. The van der Waals surface area contributed by atoms with Crippen LogP contribution in [0.2, 0.25) is 0 Å². The molecule has 0 unspecified atom stereocenters. The van der Waals surface area contributed by atoms with Crippen LogP contribution in [0.5, 0.6) is 11.5 Å². The molecule has 0 aliphatic carbocycles. The molecular weight excluding hydrogens is 705 g/mol. The van der Waals surface area contributed by atoms with E-state index in [1.807, 2.05) is 0 Å². The monoisotopic (exact) mass is 811 g/mol. The van der Waals surface area contributed by atoms with Crippen LogP contribution in [0.3, 0.4) is 0 Å². The Kier molecular flexibility index (Phi) is 44.3. The fraction of sp³-hybridized carbons (Fsp3) is 0.893. The van der Waals surface area contributed by atoms with E-state index in [1.165, 1.54) is 275 Å². The molecule has 0 aliphatic rings. The third kappa shape index (κ3) is 40.2. The topological polar surface area (TPSA) is 18.5 Å². The average Bonchev–Trinajstić information content (AvgIpc) is 3.23. The first kappa shape index (κ1) is 54.8. The SMILES string of the molecule is CCCCCCCCCCCCCCCCCCCCCCCOc1cc(CCCC)cc(OCCCCCCCCCCCCCCCCCCCCCCC)c1. The van der Waals surface area contributed by atoms with E-state index in [0.29, 0.717) is 0 Å². The molecule has 0 saturated carbocycles. The minimum Gasteiger partial charge on any atom is -0.493 e. The minimum absolute atomic E-state index is 0.828. The van der Waals surface area contributed by atoms with Gasteiger partial charge in [-0.2, -0.15) is 0 Å². The Morgan fingerprint density at radius 2 is 0.448 bits per heavy atom. The molecule has 0 N–H and O–H groups in total. The first-order valence-electron chi connectivity index (χ1n) is 27.2. The maximum Gasteiger partial charge on any atom is 0.123 e. The summed E-state index contributed by atoms with van der Waals surface area (Å²) in [6, 6.07) is 6.67. The Labute approximate surface area is 366 Å². The smallest absolute Gasteiger partial charge is 0.123 e. The van der Waals surface area contributed by atoms with Crippen LogP contribution in [-0.2, 0) is 6.42 Å². The van der Waals surface area contributed by atoms with Crippen LogP contribution in [0, 0.1) is 0 Å². The molecule has 0 saturated heterocycles. The summed E-state index contributed by atoms with van der Waals surface area (Å²) in [5.41, 5.74) is 1.37. The molecule has 342 valence electrons. The molecule has 0 bridgehead atoms. The number of hydrogen-bond acceptors (Lipinski definition) is 2. The van der Waals surface area contributed by atoms with Gasteiger partial charge in [0.25, 0.3) is 0 Å². The van der Waals surface area contributed by atoms with E-state index < -0.39 is 0 Å². The van der Waals surface area contributed by atoms with Crippen LogP contribution < -0.4 is 9.47 Å². The lowest BCUT2D eigenvalue weighted by Gasteiger charge is -2.13. The molecule has 0 heterocycles. The number of ether oxygens (including phenoxy) is 2. The second kappa shape index (κ2) is 46.9. The molecule has 2 heteroatoms. The molecule has 1 aromatic rings. The Hall–Kier alpha value is -1.18. The summed E-state index contributed by atoms with van der Waals surface area (Å²) in [5.74, 6) is 2.02. The van der Waals surface area contributed by atoms with Gasteiger partial charge in [-0.15, -0.1) is 0 Å². The molecule has 0 radical (unpaired) electrons. The van der Waals surface area contributed by atoms with Crippen molar-refractivity contribution >= 4 is 0 Å². The summed E-state index contributed by atoms with van der Waals surface area (Å²) in [4.78, 5) is 0. The second-order valence-corrected chi connectivity index (χ2v) is 18.8. The number of unbranched alkanes of at least 4 members (excludes halogenated alkanes) is 41. The van der Waals surface area contributed by atoms with E-state index in [4.69, 9.17) is 9.47 Å². The third-order valence-corrected chi connectivity index (χ3v) is 12.8. The maximum atomic E-state index is 6.28. The maximum absolute atomic E-state index is 6.28. The van der Waals surface area contributed by atoms with Crippen LogP contribution in [0.25, 0.3) is 0 Å². The van der Waals surface area contributed by atoms with Crippen molar-refractivity contribution in [1.29, 1.82) is 0 Å². The summed E-state index contributed by atoms with van der Waals surface area (Å²) in [6.45, 7) is 8.55. The molecule has 0 fully saturated rings. The normalized spacial score (nSPS) is 11.5. The standard InChI is InChI=1S/C56H106O2/c1-4-7-10-12-14-16-18-20-22-24-26-28-30-32-34-36-38-40-42-44-46-49-57-55-51-54(48-9-6-3)52-56(53-55)58-50-47-45-43-41-39-37-35-33-31-29-27-25-23-21-19-17-15-13-11-8-5-2/h51-53H,4-50H2,1-3H3. The zero-order chi connectivity index (χ0) is 41.5. The Morgan fingerprint density at radius 3 is 0.672 bits per heavy atom. The van der Waals surface area contributed by atoms with E-state index in [-0.39, 0.29) is 0 Å². The number of aryl methyl sites for hydroxylation is 1. The minimum atomic E-state index is 0.828. The highest BCUT2D eigenvalue weighted by Crippen LogP contribution is 2.25. The molecule has 1 aromatic carbocycles. The van der Waals surface area contributed by atoms with Crippen molar-refractivity contribution in [3.8, 4) is 11.5 Å². The van der Waals surface area contributed by atoms with Crippen molar-refractivity contribution in [3.05, 3.63) is 23.8 Å². The van der Waals surface area contributed by atoms with Crippen molar-refractivity contribution in [1.82, 2.24) is 0 Å². The van der Waals surface area contributed by atoms with Crippen molar-refractivity contribution in [2.24, 2.45) is 0 Å². The summed E-state index contributed by atoms with van der Waals surface area (Å²) >= 11 is 0. The quantitative estimate of drug-likeness (QED) is 0.0610. The molecule has 1 rings (SSSR count). The van der Waals surface area contributed by atoms with Crippen molar-refractivity contribution in [2.75, 3.05) is 13.2 Å². The van der Waals surface area contributed by atoms with Crippen LogP contribution >= 0.6 is 0 Å². The van der Waals surface area contributed by atoms with Gasteiger partial charge < -0.3 is 9.47 Å². The number of benzene rings is 1. The molecule has 0 spiro atoms. The van der Waals surface area contributed by atoms with E-state index in [2.05, 4.69) is 39.0 Å². The lowest BCUT2D eigenvalue weighted by Crippen LogP contribution is -2.01. The third-order valence-electron chi connectivity index (χ3n) is 12.8. The zero-order valence-corrected chi connectivity index (χ0v) is 40.3. The Morgan fingerprint density at radius 1 is 0.241 bits per heavy atom. The Bertz CT molecular complexity index is 844. The predicted octanol–water partition coefficient (Wildman–Crippen LogP) is 20.2. The summed E-state index contributed by atoms with van der Waals surface area (Å²) in [6.07, 6.45) is 63.3. The zero-order valence-electron chi connectivity index (χ0n) is 40.3. The molecule has 0 aliphatic heterocycles. The van der Waals surface area contributed by atoms with Crippen molar-refractivity contribution in [3.63, 3.8) is 0 Å². The fourth-order valence-corrected chi connectivity index (χ4v) is 8.77. The lowest BCUT2D eigenvalue weighted by molar-refractivity contribution is 0.289. The molecule has 0 aromatic heterocycles. The van der Waals surface area contributed by atoms with Gasteiger partial charge in [0.15, 0.2) is 0 Å². The highest BCUT2D eigenvalue weighted by Gasteiger charge is 2.05. The van der Waals surface area contributed by atoms with Gasteiger partial charge in [-0.1, -0.05) is 284 Å². The molecule has 0 amide bonds. The average molecular weight is 811 g/mol. The first-order chi connectivity index (χ1) is 28.8. The van der Waals surface area contributed by atoms with Gasteiger partial charge in [-0.3, -0.25) is 0 Å². The van der Waals surface area contributed by atoms with Crippen molar-refractivity contribution < 1.29 is 9.47 Å². The summed E-state index contributed by atoms with van der Waals surface area (Å²) in [5, 5.41) is 0. The first-order valence-corrected chi connectivity index (χ1v) is 27.2. The largest absolute Gasteiger partial charge is 0.493 e. The molecule has 0 atom stereocenters. The molecular formula is C56H106O2. The van der Waals surface area contributed by atoms with Gasteiger partial charge in [-0.05, 0) is 43.4 Å². The van der Waals surface area contributed by atoms with E-state index in [1.54, 1.807) is 0 Å². The van der Waals surface area contributed by atoms with Gasteiger partial charge >= 0.3 is 0 Å². The van der Waals surface area contributed by atoms with Crippen molar-refractivity contribution in [2.45, 2.75) is 310 Å². The van der Waals surface area contributed by atoms with Gasteiger partial charge in [0.2, 0.25) is 0 Å². The van der Waals surface area contributed by atoms with E-state index in [9.17, 15) is 0 Å². The van der Waals surface area contributed by atoms with Gasteiger partial charge in [-0.25, -0.2) is 0 Å². The van der Waals surface area contributed by atoms with Crippen LogP contribution in [0.1, 0.15) is 309 Å². The van der Waals surface area contributed by atoms with Gasteiger partial charge in [0.1, 0.15) is 11.5 Å². The second-order valence-electron chi connectivity index (χ2n) is 18.8.